The third-order valence-electron chi connectivity index (χ3n) is 2.29. The molecule has 18 heavy (non-hydrogen) atoms. The number of urea groups is 1. The highest BCUT2D eigenvalue weighted by molar-refractivity contribution is 9.10. The predicted molar refractivity (Wildman–Crippen MR) is 77.6 cm³/mol. The number of rotatable bonds is 2. The highest BCUT2D eigenvalue weighted by Crippen LogP contribution is 2.23. The quantitative estimate of drug-likeness (QED) is 0.741. The monoisotopic (exact) mass is 305 g/mol. The number of amides is 2. The Balaban J connectivity index is 2.03. The molecule has 2 amide bonds. The second kappa shape index (κ2) is 5.55. The first-order valence-corrected chi connectivity index (χ1v) is 6.12. The molecule has 4 nitrogen and oxygen atoms in total. The highest BCUT2D eigenvalue weighted by atomic mass is 79.9. The molecule has 0 saturated heterocycles. The van der Waals surface area contributed by atoms with Gasteiger partial charge < -0.3 is 16.4 Å². The smallest absolute Gasteiger partial charge is 0.323 e. The second-order valence-corrected chi connectivity index (χ2v) is 4.59. The zero-order valence-corrected chi connectivity index (χ0v) is 11.1. The standard InChI is InChI=1S/C13H12BrN3O/c14-9-6-7-12(11(15)8-9)17-13(18)16-10-4-2-1-3-5-10/h1-8H,15H2,(H2,16,17,18). The molecule has 0 heterocycles. The van der Waals surface area contributed by atoms with Crippen LogP contribution >= 0.6 is 15.9 Å². The zero-order valence-electron chi connectivity index (χ0n) is 9.48. The Kier molecular flexibility index (Phi) is 3.84. The van der Waals surface area contributed by atoms with Crippen molar-refractivity contribution in [3.05, 3.63) is 53.0 Å². The van der Waals surface area contributed by atoms with Gasteiger partial charge in [0.25, 0.3) is 0 Å². The van der Waals surface area contributed by atoms with Gasteiger partial charge in [-0.25, -0.2) is 4.79 Å². The van der Waals surface area contributed by atoms with Crippen molar-refractivity contribution in [3.63, 3.8) is 0 Å². The van der Waals surface area contributed by atoms with E-state index in [0.717, 1.165) is 10.2 Å². The number of carbonyl (C=O) groups excluding carboxylic acids is 1. The largest absolute Gasteiger partial charge is 0.397 e. The van der Waals surface area contributed by atoms with Crippen molar-refractivity contribution < 1.29 is 4.79 Å². The maximum atomic E-state index is 11.7. The van der Waals surface area contributed by atoms with Gasteiger partial charge in [0.05, 0.1) is 11.4 Å². The molecular formula is C13H12BrN3O. The minimum Gasteiger partial charge on any atom is -0.397 e. The Labute approximate surface area is 113 Å². The van der Waals surface area contributed by atoms with Crippen LogP contribution in [0.4, 0.5) is 21.9 Å². The molecule has 4 N–H and O–H groups in total. The van der Waals surface area contributed by atoms with E-state index in [1.165, 1.54) is 0 Å². The summed E-state index contributed by atoms with van der Waals surface area (Å²) >= 11 is 3.31. The molecule has 0 aliphatic carbocycles. The summed E-state index contributed by atoms with van der Waals surface area (Å²) in [4.78, 5) is 11.7. The van der Waals surface area contributed by atoms with E-state index < -0.39 is 0 Å². The fourth-order valence-corrected chi connectivity index (χ4v) is 1.83. The topological polar surface area (TPSA) is 67.1 Å². The van der Waals surface area contributed by atoms with Crippen molar-refractivity contribution >= 4 is 39.0 Å². The number of carbonyl (C=O) groups is 1. The van der Waals surface area contributed by atoms with E-state index in [1.807, 2.05) is 36.4 Å². The highest BCUT2D eigenvalue weighted by Gasteiger charge is 2.05. The lowest BCUT2D eigenvalue weighted by atomic mass is 10.3. The van der Waals surface area contributed by atoms with Gasteiger partial charge in [-0.3, -0.25) is 0 Å². The molecule has 0 bridgehead atoms. The van der Waals surface area contributed by atoms with Crippen molar-refractivity contribution in [3.8, 4) is 0 Å². The van der Waals surface area contributed by atoms with Crippen molar-refractivity contribution in [2.24, 2.45) is 0 Å². The summed E-state index contributed by atoms with van der Waals surface area (Å²) in [6.07, 6.45) is 0. The van der Waals surface area contributed by atoms with Crippen molar-refractivity contribution in [2.45, 2.75) is 0 Å². The van der Waals surface area contributed by atoms with Crippen LogP contribution in [0.25, 0.3) is 0 Å². The molecule has 0 fully saturated rings. The summed E-state index contributed by atoms with van der Waals surface area (Å²) in [6, 6.07) is 14.2. The third kappa shape index (κ3) is 3.24. The molecular weight excluding hydrogens is 294 g/mol. The zero-order chi connectivity index (χ0) is 13.0. The van der Waals surface area contributed by atoms with E-state index >= 15 is 0 Å². The van der Waals surface area contributed by atoms with Gasteiger partial charge in [-0.15, -0.1) is 0 Å². The normalized spacial score (nSPS) is 9.83. The molecule has 0 unspecified atom stereocenters. The van der Waals surface area contributed by atoms with E-state index in [-0.39, 0.29) is 6.03 Å². The number of benzene rings is 2. The average molecular weight is 306 g/mol. The summed E-state index contributed by atoms with van der Waals surface area (Å²) in [5, 5.41) is 5.40. The van der Waals surface area contributed by atoms with E-state index in [4.69, 9.17) is 5.73 Å². The lowest BCUT2D eigenvalue weighted by Crippen LogP contribution is -2.20. The summed E-state index contributed by atoms with van der Waals surface area (Å²) in [7, 11) is 0. The van der Waals surface area contributed by atoms with Gasteiger partial charge in [-0.05, 0) is 30.3 Å². The second-order valence-electron chi connectivity index (χ2n) is 3.68. The number of nitrogen functional groups attached to an aromatic ring is 1. The van der Waals surface area contributed by atoms with E-state index in [0.29, 0.717) is 11.4 Å². The maximum Gasteiger partial charge on any atom is 0.323 e. The molecule has 0 saturated carbocycles. The van der Waals surface area contributed by atoms with Gasteiger partial charge in [-0.1, -0.05) is 34.1 Å². The van der Waals surface area contributed by atoms with Crippen molar-refractivity contribution in [2.75, 3.05) is 16.4 Å². The first kappa shape index (κ1) is 12.4. The molecule has 92 valence electrons. The van der Waals surface area contributed by atoms with Crippen LogP contribution < -0.4 is 16.4 Å². The summed E-state index contributed by atoms with van der Waals surface area (Å²) in [5.74, 6) is 0. The summed E-state index contributed by atoms with van der Waals surface area (Å²) in [6.45, 7) is 0. The van der Waals surface area contributed by atoms with E-state index in [2.05, 4.69) is 26.6 Å². The SMILES string of the molecule is Nc1cc(Br)ccc1NC(=O)Nc1ccccc1. The Morgan fingerprint density at radius 1 is 1.06 bits per heavy atom. The Morgan fingerprint density at radius 2 is 1.78 bits per heavy atom. The van der Waals surface area contributed by atoms with Gasteiger partial charge in [0.15, 0.2) is 0 Å². The van der Waals surface area contributed by atoms with E-state index in [1.54, 1.807) is 12.1 Å². The lowest BCUT2D eigenvalue weighted by molar-refractivity contribution is 0.262. The van der Waals surface area contributed by atoms with Crippen LogP contribution in [0.2, 0.25) is 0 Å². The fraction of sp³-hybridized carbons (Fsp3) is 0. The molecule has 5 heteroatoms. The van der Waals surface area contributed by atoms with Crippen molar-refractivity contribution in [1.29, 1.82) is 0 Å². The molecule has 0 aromatic heterocycles. The Morgan fingerprint density at radius 3 is 2.44 bits per heavy atom. The van der Waals surface area contributed by atoms with Gasteiger partial charge in [0.2, 0.25) is 0 Å². The Bertz CT molecular complexity index is 557. The third-order valence-corrected chi connectivity index (χ3v) is 2.79. The summed E-state index contributed by atoms with van der Waals surface area (Å²) < 4.78 is 0.869. The molecule has 2 aromatic carbocycles. The van der Waals surface area contributed by atoms with Gasteiger partial charge in [-0.2, -0.15) is 0 Å². The van der Waals surface area contributed by atoms with Crippen molar-refractivity contribution in [1.82, 2.24) is 0 Å². The number of halogens is 1. The van der Waals surface area contributed by atoms with E-state index in [9.17, 15) is 4.79 Å². The Hall–Kier alpha value is -2.01. The number of nitrogens with two attached hydrogens (primary N) is 1. The van der Waals surface area contributed by atoms with Crippen LogP contribution in [0.3, 0.4) is 0 Å². The summed E-state index contributed by atoms with van der Waals surface area (Å²) in [5.41, 5.74) is 7.60. The number of para-hydroxylation sites is 1. The predicted octanol–water partition coefficient (Wildman–Crippen LogP) is 3.68. The first-order valence-electron chi connectivity index (χ1n) is 5.33. The lowest BCUT2D eigenvalue weighted by Gasteiger charge is -2.09. The minimum absolute atomic E-state index is 0.324. The fourth-order valence-electron chi connectivity index (χ4n) is 1.45. The number of hydrogen-bond donors (Lipinski definition) is 3. The van der Waals surface area contributed by atoms with Crippen LogP contribution in [0.1, 0.15) is 0 Å². The minimum atomic E-state index is -0.324. The number of hydrogen-bond acceptors (Lipinski definition) is 2. The maximum absolute atomic E-state index is 11.7. The molecule has 0 spiro atoms. The van der Waals surface area contributed by atoms with Crippen LogP contribution in [0.5, 0.6) is 0 Å². The molecule has 0 aliphatic rings. The van der Waals surface area contributed by atoms with Crippen LogP contribution in [0, 0.1) is 0 Å². The number of anilines is 3. The van der Waals surface area contributed by atoms with Gasteiger partial charge >= 0.3 is 6.03 Å². The van der Waals surface area contributed by atoms with Gasteiger partial charge in [0.1, 0.15) is 0 Å². The average Bonchev–Trinajstić information content (AvgIpc) is 2.34. The molecule has 0 atom stereocenters. The number of nitrogens with one attached hydrogen (secondary N) is 2. The van der Waals surface area contributed by atoms with Crippen LogP contribution in [0.15, 0.2) is 53.0 Å². The first-order chi connectivity index (χ1) is 8.65. The molecule has 0 radical (unpaired) electrons. The van der Waals surface area contributed by atoms with Gasteiger partial charge in [0, 0.05) is 10.2 Å². The molecule has 2 rings (SSSR count). The molecule has 2 aromatic rings. The molecule has 0 aliphatic heterocycles. The van der Waals surface area contributed by atoms with Crippen LogP contribution in [-0.2, 0) is 0 Å². The van der Waals surface area contributed by atoms with Crippen LogP contribution in [-0.4, -0.2) is 6.03 Å².